The van der Waals surface area contributed by atoms with Gasteiger partial charge in [-0.3, -0.25) is 29.2 Å². The number of nitrogens with one attached hydrogen (secondary N) is 3. The highest BCUT2D eigenvalue weighted by molar-refractivity contribution is 5.91. The summed E-state index contributed by atoms with van der Waals surface area (Å²) in [7, 11) is 0. The standard InChI is InChI=1S/C33H45N5O6/c1-20(2)29-31(41)35-22(4)32(42)38-16-9-11-26(37-38)30(40)34-21(3)25-15-14-24-13-12-23(18-27(24)36-25)10-7-8-17-43-33(5,6)19-28(39)44-29/h7,10,12-15,18,20-22,26,29,37H,8-9,11,16-17,19H2,1-6H3,(H,34,40)(H,35,41)/b10-7+/t21-,22+,26+,29+/m1/s1. The highest BCUT2D eigenvalue weighted by Crippen LogP contribution is 2.21. The van der Waals surface area contributed by atoms with Crippen LogP contribution in [0.5, 0.6) is 0 Å². The number of ether oxygens (including phenoxy) is 2. The minimum Gasteiger partial charge on any atom is -0.452 e. The zero-order chi connectivity index (χ0) is 32.0. The molecule has 3 amide bonds. The van der Waals surface area contributed by atoms with Crippen LogP contribution in [0.4, 0.5) is 0 Å². The Kier molecular flexibility index (Phi) is 10.7. The molecule has 0 radical (unpaired) electrons. The fourth-order valence-corrected chi connectivity index (χ4v) is 5.30. The number of pyridine rings is 1. The Morgan fingerprint density at radius 3 is 2.48 bits per heavy atom. The number of nitrogens with zero attached hydrogens (tertiary/aromatic N) is 2. The van der Waals surface area contributed by atoms with Crippen LogP contribution in [-0.2, 0) is 28.7 Å². The normalized spacial score (nSPS) is 26.9. The fourth-order valence-electron chi connectivity index (χ4n) is 5.30. The van der Waals surface area contributed by atoms with E-state index >= 15 is 0 Å². The lowest BCUT2D eigenvalue weighted by atomic mass is 10.0. The molecule has 1 aromatic heterocycles. The number of hydrogen-bond acceptors (Lipinski definition) is 8. The van der Waals surface area contributed by atoms with E-state index in [-0.39, 0.29) is 24.3 Å². The largest absolute Gasteiger partial charge is 0.452 e. The predicted molar refractivity (Wildman–Crippen MR) is 167 cm³/mol. The topological polar surface area (TPSA) is 139 Å². The first-order valence-electron chi connectivity index (χ1n) is 15.4. The highest BCUT2D eigenvalue weighted by Gasteiger charge is 2.34. The average Bonchev–Trinajstić information content (AvgIpc) is 2.97. The number of cyclic esters (lactones) is 1. The predicted octanol–water partition coefficient (Wildman–Crippen LogP) is 3.58. The molecule has 0 spiro atoms. The Labute approximate surface area is 259 Å². The quantitative estimate of drug-likeness (QED) is 0.418. The summed E-state index contributed by atoms with van der Waals surface area (Å²) in [6.07, 6.45) is 4.67. The second-order valence-electron chi connectivity index (χ2n) is 12.6. The molecule has 1 fully saturated rings. The van der Waals surface area contributed by atoms with E-state index < -0.39 is 41.6 Å². The molecule has 3 heterocycles. The lowest BCUT2D eigenvalue weighted by molar-refractivity contribution is -0.164. The van der Waals surface area contributed by atoms with Gasteiger partial charge in [0.1, 0.15) is 12.1 Å². The molecule has 3 N–H and O–H groups in total. The second-order valence-corrected chi connectivity index (χ2v) is 12.6. The third kappa shape index (κ3) is 8.63. The van der Waals surface area contributed by atoms with E-state index in [1.807, 2.05) is 63.3 Å². The van der Waals surface area contributed by atoms with Crippen LogP contribution in [0.1, 0.15) is 84.5 Å². The second kappa shape index (κ2) is 14.3. The first kappa shape index (κ1) is 33.1. The van der Waals surface area contributed by atoms with Gasteiger partial charge < -0.3 is 20.1 Å². The molecule has 0 unspecified atom stereocenters. The molecule has 44 heavy (non-hydrogen) atoms. The van der Waals surface area contributed by atoms with Gasteiger partial charge in [0.25, 0.3) is 11.8 Å². The van der Waals surface area contributed by atoms with Crippen LogP contribution < -0.4 is 16.1 Å². The molecule has 1 aromatic carbocycles. The van der Waals surface area contributed by atoms with Crippen molar-refractivity contribution in [1.82, 2.24) is 26.1 Å². The van der Waals surface area contributed by atoms with Crippen molar-refractivity contribution in [3.8, 4) is 0 Å². The van der Waals surface area contributed by atoms with Gasteiger partial charge in [0, 0.05) is 11.9 Å². The third-order valence-corrected chi connectivity index (χ3v) is 7.82. The number of carbonyl (C=O) groups excluding carboxylic acids is 4. The lowest BCUT2D eigenvalue weighted by Gasteiger charge is -2.35. The van der Waals surface area contributed by atoms with Crippen LogP contribution in [0.15, 0.2) is 36.4 Å². The Bertz CT molecular complexity index is 1410. The monoisotopic (exact) mass is 607 g/mol. The van der Waals surface area contributed by atoms with Gasteiger partial charge in [-0.25, -0.2) is 5.43 Å². The third-order valence-electron chi connectivity index (χ3n) is 7.82. The molecular weight excluding hydrogens is 562 g/mol. The Morgan fingerprint density at radius 1 is 1.00 bits per heavy atom. The van der Waals surface area contributed by atoms with E-state index in [0.29, 0.717) is 32.4 Å². The maximum Gasteiger partial charge on any atom is 0.309 e. The van der Waals surface area contributed by atoms with E-state index in [1.54, 1.807) is 20.8 Å². The molecule has 4 atom stereocenters. The molecule has 0 saturated carbocycles. The van der Waals surface area contributed by atoms with Crippen molar-refractivity contribution in [2.45, 2.75) is 97.1 Å². The van der Waals surface area contributed by atoms with Gasteiger partial charge in [-0.05, 0) is 70.6 Å². The number of carbonyl (C=O) groups is 4. The van der Waals surface area contributed by atoms with Crippen LogP contribution in [0.2, 0.25) is 0 Å². The molecule has 2 aliphatic rings. The van der Waals surface area contributed by atoms with Gasteiger partial charge in [0.15, 0.2) is 6.10 Å². The number of hydrazine groups is 1. The minimum atomic E-state index is -1.08. The van der Waals surface area contributed by atoms with E-state index in [4.69, 9.17) is 14.5 Å². The van der Waals surface area contributed by atoms with Crippen LogP contribution in [0.3, 0.4) is 0 Å². The number of esters is 1. The number of hydrogen-bond donors (Lipinski definition) is 3. The van der Waals surface area contributed by atoms with Gasteiger partial charge in [0.2, 0.25) is 5.91 Å². The van der Waals surface area contributed by atoms with E-state index in [1.165, 1.54) is 5.01 Å². The molecule has 1 saturated heterocycles. The number of aromatic nitrogens is 1. The van der Waals surface area contributed by atoms with Crippen LogP contribution in [-0.4, -0.2) is 70.6 Å². The molecule has 4 rings (SSSR count). The molecule has 5 bridgehead atoms. The van der Waals surface area contributed by atoms with Crippen molar-refractivity contribution in [3.63, 3.8) is 0 Å². The van der Waals surface area contributed by atoms with E-state index in [0.717, 1.165) is 22.2 Å². The summed E-state index contributed by atoms with van der Waals surface area (Å²) in [5.74, 6) is -2.08. The molecular formula is C33H45N5O6. The van der Waals surface area contributed by atoms with Crippen molar-refractivity contribution in [2.24, 2.45) is 5.92 Å². The van der Waals surface area contributed by atoms with Crippen LogP contribution in [0.25, 0.3) is 17.0 Å². The first-order chi connectivity index (χ1) is 20.8. The van der Waals surface area contributed by atoms with Gasteiger partial charge in [-0.1, -0.05) is 44.2 Å². The summed E-state index contributed by atoms with van der Waals surface area (Å²) < 4.78 is 11.6. The van der Waals surface area contributed by atoms with Gasteiger partial charge in [0.05, 0.1) is 35.9 Å². The van der Waals surface area contributed by atoms with Crippen molar-refractivity contribution in [2.75, 3.05) is 13.2 Å². The zero-order valence-corrected chi connectivity index (χ0v) is 26.5. The highest BCUT2D eigenvalue weighted by atomic mass is 16.6. The molecule has 0 aliphatic carbocycles. The summed E-state index contributed by atoms with van der Waals surface area (Å²) in [5.41, 5.74) is 4.75. The van der Waals surface area contributed by atoms with Crippen LogP contribution in [0, 0.1) is 5.92 Å². The summed E-state index contributed by atoms with van der Waals surface area (Å²) in [6.45, 7) is 11.4. The molecule has 238 valence electrons. The number of rotatable bonds is 1. The van der Waals surface area contributed by atoms with Crippen molar-refractivity contribution in [1.29, 1.82) is 0 Å². The Balaban J connectivity index is 1.58. The molecule has 11 heteroatoms. The Hall–Kier alpha value is -3.83. The van der Waals surface area contributed by atoms with Crippen LogP contribution >= 0.6 is 0 Å². The van der Waals surface area contributed by atoms with Crippen molar-refractivity contribution in [3.05, 3.63) is 47.7 Å². The number of benzene rings is 1. The van der Waals surface area contributed by atoms with Crippen molar-refractivity contribution >= 4 is 40.7 Å². The smallest absolute Gasteiger partial charge is 0.309 e. The van der Waals surface area contributed by atoms with Gasteiger partial charge in [-0.15, -0.1) is 0 Å². The molecule has 2 aromatic rings. The van der Waals surface area contributed by atoms with E-state index in [9.17, 15) is 19.2 Å². The molecule has 2 aliphatic heterocycles. The molecule has 11 nitrogen and oxygen atoms in total. The lowest BCUT2D eigenvalue weighted by Crippen LogP contribution is -2.61. The fraction of sp³-hybridized carbons (Fsp3) is 0.545. The summed E-state index contributed by atoms with van der Waals surface area (Å²) in [6, 6.07) is 8.02. The maximum atomic E-state index is 13.3. The summed E-state index contributed by atoms with van der Waals surface area (Å²) >= 11 is 0. The maximum absolute atomic E-state index is 13.3. The minimum absolute atomic E-state index is 0.0417. The zero-order valence-electron chi connectivity index (χ0n) is 26.5. The Morgan fingerprint density at radius 2 is 1.73 bits per heavy atom. The van der Waals surface area contributed by atoms with Crippen molar-refractivity contribution < 1.29 is 28.7 Å². The summed E-state index contributed by atoms with van der Waals surface area (Å²) in [4.78, 5) is 57.3. The van der Waals surface area contributed by atoms with Gasteiger partial charge in [-0.2, -0.15) is 0 Å². The van der Waals surface area contributed by atoms with E-state index in [2.05, 4.69) is 16.1 Å². The first-order valence-corrected chi connectivity index (χ1v) is 15.4. The van der Waals surface area contributed by atoms with Gasteiger partial charge >= 0.3 is 5.97 Å². The average molecular weight is 608 g/mol. The SMILES string of the molecule is CC(C)[C@@H]1OC(=O)CC(C)(C)OCC/C=C/c2ccc3ccc(nc3c2)[C@@H](C)NC(=O)[C@@H]2CCCN(N2)C(=O)[C@H](C)NC1=O. The number of amides is 3. The number of fused-ring (bicyclic) bond motifs is 4. The summed E-state index contributed by atoms with van der Waals surface area (Å²) in [5, 5.41) is 8.08.